The molecule has 0 bridgehead atoms. The molecule has 0 fully saturated rings. The molecule has 0 aliphatic carbocycles. The van der Waals surface area contributed by atoms with Crippen molar-refractivity contribution < 1.29 is 9.50 Å². The number of halogens is 1. The van der Waals surface area contributed by atoms with Crippen molar-refractivity contribution in [2.24, 2.45) is 5.73 Å². The fraction of sp³-hybridized carbons (Fsp3) is 0.538. The summed E-state index contributed by atoms with van der Waals surface area (Å²) in [7, 11) is 0. The van der Waals surface area contributed by atoms with Crippen LogP contribution in [-0.2, 0) is 6.42 Å². The standard InChI is InChI=1S/C13H20FNO/c1-3-6-13(16,9-15)8-11-7-12(14)5-4-10(11)2/h4-5,7,16H,3,6,8-9,15H2,1-2H3. The van der Waals surface area contributed by atoms with Gasteiger partial charge in [0.2, 0.25) is 0 Å². The minimum atomic E-state index is -0.909. The quantitative estimate of drug-likeness (QED) is 0.806. The Morgan fingerprint density at radius 2 is 2.12 bits per heavy atom. The molecular weight excluding hydrogens is 205 g/mol. The number of hydrogen-bond acceptors (Lipinski definition) is 2. The van der Waals surface area contributed by atoms with Crippen molar-refractivity contribution in [1.29, 1.82) is 0 Å². The van der Waals surface area contributed by atoms with Gasteiger partial charge in [-0.2, -0.15) is 0 Å². The molecule has 1 rings (SSSR count). The Balaban J connectivity index is 2.89. The Labute approximate surface area is 96.3 Å². The predicted octanol–water partition coefficient (Wildman–Crippen LogP) is 2.17. The smallest absolute Gasteiger partial charge is 0.123 e. The van der Waals surface area contributed by atoms with Crippen LogP contribution in [0.2, 0.25) is 0 Å². The van der Waals surface area contributed by atoms with Gasteiger partial charge in [0.05, 0.1) is 5.60 Å². The van der Waals surface area contributed by atoms with Crippen LogP contribution in [0, 0.1) is 12.7 Å². The number of aliphatic hydroxyl groups is 1. The van der Waals surface area contributed by atoms with Crippen LogP contribution in [0.4, 0.5) is 4.39 Å². The number of aryl methyl sites for hydroxylation is 1. The average Bonchev–Trinajstić information content (AvgIpc) is 2.24. The lowest BCUT2D eigenvalue weighted by Crippen LogP contribution is -2.40. The fourth-order valence-corrected chi connectivity index (χ4v) is 1.91. The lowest BCUT2D eigenvalue weighted by molar-refractivity contribution is 0.0397. The van der Waals surface area contributed by atoms with Gasteiger partial charge in [-0.25, -0.2) is 4.39 Å². The summed E-state index contributed by atoms with van der Waals surface area (Å²) in [5, 5.41) is 10.2. The maximum absolute atomic E-state index is 13.1. The highest BCUT2D eigenvalue weighted by atomic mass is 19.1. The fourth-order valence-electron chi connectivity index (χ4n) is 1.91. The van der Waals surface area contributed by atoms with Crippen LogP contribution < -0.4 is 5.73 Å². The molecule has 0 heterocycles. The topological polar surface area (TPSA) is 46.2 Å². The van der Waals surface area contributed by atoms with E-state index in [0.29, 0.717) is 12.8 Å². The van der Waals surface area contributed by atoms with Crippen LogP contribution in [0.1, 0.15) is 30.9 Å². The van der Waals surface area contributed by atoms with E-state index in [9.17, 15) is 9.50 Å². The van der Waals surface area contributed by atoms with Gasteiger partial charge in [0.15, 0.2) is 0 Å². The van der Waals surface area contributed by atoms with Gasteiger partial charge in [0.25, 0.3) is 0 Å². The first-order chi connectivity index (χ1) is 7.50. The Morgan fingerprint density at radius 1 is 1.44 bits per heavy atom. The molecule has 90 valence electrons. The van der Waals surface area contributed by atoms with Crippen molar-refractivity contribution in [2.45, 2.75) is 38.7 Å². The van der Waals surface area contributed by atoms with Crippen molar-refractivity contribution in [3.05, 3.63) is 35.1 Å². The van der Waals surface area contributed by atoms with Gasteiger partial charge in [-0.3, -0.25) is 0 Å². The average molecular weight is 225 g/mol. The molecular formula is C13H20FNO. The van der Waals surface area contributed by atoms with Crippen LogP contribution in [0.5, 0.6) is 0 Å². The van der Waals surface area contributed by atoms with Gasteiger partial charge >= 0.3 is 0 Å². The molecule has 2 nitrogen and oxygen atoms in total. The minimum Gasteiger partial charge on any atom is -0.388 e. The molecule has 1 unspecified atom stereocenters. The monoisotopic (exact) mass is 225 g/mol. The van der Waals surface area contributed by atoms with Gasteiger partial charge in [0, 0.05) is 13.0 Å². The minimum absolute atomic E-state index is 0.205. The second-order valence-corrected chi connectivity index (χ2v) is 4.43. The Morgan fingerprint density at radius 3 is 2.69 bits per heavy atom. The summed E-state index contributed by atoms with van der Waals surface area (Å²) in [5.74, 6) is -0.267. The molecule has 1 aromatic rings. The van der Waals surface area contributed by atoms with E-state index in [0.717, 1.165) is 17.5 Å². The van der Waals surface area contributed by atoms with Crippen LogP contribution >= 0.6 is 0 Å². The molecule has 0 saturated carbocycles. The molecule has 0 saturated heterocycles. The summed E-state index contributed by atoms with van der Waals surface area (Å²) >= 11 is 0. The molecule has 0 radical (unpaired) electrons. The van der Waals surface area contributed by atoms with Gasteiger partial charge in [0.1, 0.15) is 5.82 Å². The molecule has 3 heteroatoms. The zero-order valence-electron chi connectivity index (χ0n) is 9.96. The zero-order valence-corrected chi connectivity index (χ0v) is 9.96. The van der Waals surface area contributed by atoms with E-state index >= 15 is 0 Å². The summed E-state index contributed by atoms with van der Waals surface area (Å²) in [6.07, 6.45) is 1.92. The van der Waals surface area contributed by atoms with Crippen molar-refractivity contribution in [1.82, 2.24) is 0 Å². The number of rotatable bonds is 5. The number of nitrogens with two attached hydrogens (primary N) is 1. The van der Waals surface area contributed by atoms with E-state index in [-0.39, 0.29) is 12.4 Å². The van der Waals surface area contributed by atoms with Crippen LogP contribution in [0.25, 0.3) is 0 Å². The molecule has 0 aliphatic heterocycles. The molecule has 0 aliphatic rings. The molecule has 16 heavy (non-hydrogen) atoms. The Bertz CT molecular complexity index is 354. The highest BCUT2D eigenvalue weighted by Gasteiger charge is 2.25. The lowest BCUT2D eigenvalue weighted by Gasteiger charge is -2.27. The molecule has 0 amide bonds. The van der Waals surface area contributed by atoms with E-state index in [2.05, 4.69) is 0 Å². The second-order valence-electron chi connectivity index (χ2n) is 4.43. The first kappa shape index (κ1) is 13.1. The summed E-state index contributed by atoms with van der Waals surface area (Å²) < 4.78 is 13.1. The molecule has 1 aromatic carbocycles. The number of benzene rings is 1. The van der Waals surface area contributed by atoms with Crippen LogP contribution in [0.15, 0.2) is 18.2 Å². The molecule has 0 spiro atoms. The summed E-state index contributed by atoms with van der Waals surface area (Å²) in [6, 6.07) is 4.64. The molecule has 1 atom stereocenters. The molecule has 3 N–H and O–H groups in total. The largest absolute Gasteiger partial charge is 0.388 e. The predicted molar refractivity (Wildman–Crippen MR) is 63.8 cm³/mol. The van der Waals surface area contributed by atoms with Gasteiger partial charge in [-0.15, -0.1) is 0 Å². The Hall–Kier alpha value is -0.930. The Kier molecular flexibility index (Phi) is 4.44. The summed E-state index contributed by atoms with van der Waals surface area (Å²) in [6.45, 7) is 4.12. The highest BCUT2D eigenvalue weighted by Crippen LogP contribution is 2.21. The van der Waals surface area contributed by atoms with Crippen molar-refractivity contribution >= 4 is 0 Å². The third kappa shape index (κ3) is 3.29. The summed E-state index contributed by atoms with van der Waals surface area (Å²) in [5.41, 5.74) is 6.50. The van der Waals surface area contributed by atoms with Gasteiger partial charge < -0.3 is 10.8 Å². The third-order valence-electron chi connectivity index (χ3n) is 2.93. The highest BCUT2D eigenvalue weighted by molar-refractivity contribution is 5.28. The van der Waals surface area contributed by atoms with E-state index in [1.54, 1.807) is 6.07 Å². The van der Waals surface area contributed by atoms with Crippen molar-refractivity contribution in [2.75, 3.05) is 6.54 Å². The number of hydrogen-bond donors (Lipinski definition) is 2. The normalized spacial score (nSPS) is 14.8. The zero-order chi connectivity index (χ0) is 12.2. The van der Waals surface area contributed by atoms with Gasteiger partial charge in [-0.05, 0) is 36.6 Å². The molecule has 0 aromatic heterocycles. The van der Waals surface area contributed by atoms with E-state index in [1.165, 1.54) is 12.1 Å². The van der Waals surface area contributed by atoms with Crippen molar-refractivity contribution in [3.63, 3.8) is 0 Å². The van der Waals surface area contributed by atoms with E-state index < -0.39 is 5.60 Å². The maximum atomic E-state index is 13.1. The third-order valence-corrected chi connectivity index (χ3v) is 2.93. The first-order valence-corrected chi connectivity index (χ1v) is 5.68. The summed E-state index contributed by atoms with van der Waals surface area (Å²) in [4.78, 5) is 0. The van der Waals surface area contributed by atoms with Gasteiger partial charge in [-0.1, -0.05) is 19.4 Å². The lowest BCUT2D eigenvalue weighted by atomic mass is 9.88. The van der Waals surface area contributed by atoms with Crippen molar-refractivity contribution in [3.8, 4) is 0 Å². The maximum Gasteiger partial charge on any atom is 0.123 e. The van der Waals surface area contributed by atoms with Crippen LogP contribution in [-0.4, -0.2) is 17.3 Å². The second kappa shape index (κ2) is 5.41. The SMILES string of the molecule is CCCC(O)(CN)Cc1cc(F)ccc1C. The van der Waals surface area contributed by atoms with E-state index in [1.807, 2.05) is 13.8 Å². The van der Waals surface area contributed by atoms with Crippen LogP contribution in [0.3, 0.4) is 0 Å². The van der Waals surface area contributed by atoms with E-state index in [4.69, 9.17) is 5.73 Å². The first-order valence-electron chi connectivity index (χ1n) is 5.68.